The third-order valence-corrected chi connectivity index (χ3v) is 5.23. The molecule has 0 atom stereocenters. The zero-order chi connectivity index (χ0) is 20.2. The number of Topliss-reactive ketones (excluding diaryl/α,β-unsaturated/α-hetero) is 1. The maximum atomic E-state index is 12.4. The Balaban J connectivity index is 2.20. The summed E-state index contributed by atoms with van der Waals surface area (Å²) in [5.74, 6) is -0.286. The van der Waals surface area contributed by atoms with E-state index in [4.69, 9.17) is 0 Å². The van der Waals surface area contributed by atoms with Gasteiger partial charge in [-0.05, 0) is 42.7 Å². The molecule has 144 valence electrons. The van der Waals surface area contributed by atoms with Crippen LogP contribution in [0.5, 0.6) is 0 Å². The van der Waals surface area contributed by atoms with Gasteiger partial charge in [-0.2, -0.15) is 0 Å². The summed E-state index contributed by atoms with van der Waals surface area (Å²) < 4.78 is 25.4. The summed E-state index contributed by atoms with van der Waals surface area (Å²) in [6.45, 7) is 5.18. The third kappa shape index (κ3) is 5.65. The molecule has 0 aliphatic carbocycles. The van der Waals surface area contributed by atoms with Crippen molar-refractivity contribution in [3.63, 3.8) is 0 Å². The van der Waals surface area contributed by atoms with E-state index in [1.165, 1.54) is 6.92 Å². The molecule has 0 aliphatic heterocycles. The predicted molar refractivity (Wildman–Crippen MR) is 108 cm³/mol. The van der Waals surface area contributed by atoms with E-state index < -0.39 is 15.9 Å². The molecular formula is C20H24N2O4S. The zero-order valence-electron chi connectivity index (χ0n) is 15.9. The number of nitrogens with one attached hydrogen (secondary N) is 1. The van der Waals surface area contributed by atoms with E-state index in [0.717, 1.165) is 16.1 Å². The van der Waals surface area contributed by atoms with E-state index in [9.17, 15) is 18.0 Å². The number of amides is 1. The number of sulfonamides is 1. The van der Waals surface area contributed by atoms with E-state index in [0.29, 0.717) is 22.9 Å². The van der Waals surface area contributed by atoms with Crippen LogP contribution in [0.15, 0.2) is 48.5 Å². The summed E-state index contributed by atoms with van der Waals surface area (Å²) in [7, 11) is -3.64. The minimum absolute atomic E-state index is 0.117. The molecule has 0 spiro atoms. The zero-order valence-corrected chi connectivity index (χ0v) is 16.7. The van der Waals surface area contributed by atoms with Gasteiger partial charge in [-0.25, -0.2) is 8.42 Å². The fraction of sp³-hybridized carbons (Fsp3) is 0.300. The van der Waals surface area contributed by atoms with Gasteiger partial charge in [0.15, 0.2) is 5.78 Å². The van der Waals surface area contributed by atoms with Crippen molar-refractivity contribution in [2.45, 2.75) is 26.7 Å². The van der Waals surface area contributed by atoms with Crippen molar-refractivity contribution in [3.8, 4) is 0 Å². The Hall–Kier alpha value is -2.67. The number of rotatable bonds is 7. The van der Waals surface area contributed by atoms with Gasteiger partial charge in [0.2, 0.25) is 15.9 Å². The molecule has 1 amide bonds. The van der Waals surface area contributed by atoms with Gasteiger partial charge in [-0.3, -0.25) is 13.9 Å². The molecule has 0 saturated carbocycles. The van der Waals surface area contributed by atoms with Crippen molar-refractivity contribution >= 4 is 33.1 Å². The highest BCUT2D eigenvalue weighted by atomic mass is 32.2. The lowest BCUT2D eigenvalue weighted by atomic mass is 10.0. The molecule has 0 unspecified atom stereocenters. The van der Waals surface area contributed by atoms with Gasteiger partial charge in [0.1, 0.15) is 6.54 Å². The van der Waals surface area contributed by atoms with E-state index in [1.807, 2.05) is 26.0 Å². The molecular weight excluding hydrogens is 364 g/mol. The Morgan fingerprint density at radius 1 is 1.07 bits per heavy atom. The van der Waals surface area contributed by atoms with Crippen LogP contribution >= 0.6 is 0 Å². The van der Waals surface area contributed by atoms with Gasteiger partial charge in [0, 0.05) is 11.3 Å². The number of carbonyl (C=O) groups is 2. The van der Waals surface area contributed by atoms with Crippen molar-refractivity contribution in [1.82, 2.24) is 0 Å². The quantitative estimate of drug-likeness (QED) is 0.737. The van der Waals surface area contributed by atoms with Gasteiger partial charge in [0.05, 0.1) is 11.9 Å². The highest BCUT2D eigenvalue weighted by Crippen LogP contribution is 2.22. The first-order chi connectivity index (χ1) is 12.6. The first-order valence-corrected chi connectivity index (χ1v) is 10.4. The number of ketones is 1. The highest BCUT2D eigenvalue weighted by Gasteiger charge is 2.21. The van der Waals surface area contributed by atoms with Gasteiger partial charge in [0.25, 0.3) is 0 Å². The molecule has 7 heteroatoms. The van der Waals surface area contributed by atoms with Crippen molar-refractivity contribution in [2.75, 3.05) is 22.4 Å². The Labute approximate surface area is 160 Å². The smallest absolute Gasteiger partial charge is 0.245 e. The van der Waals surface area contributed by atoms with Crippen molar-refractivity contribution in [1.29, 1.82) is 0 Å². The van der Waals surface area contributed by atoms with Crippen LogP contribution in [-0.2, 0) is 14.8 Å². The topological polar surface area (TPSA) is 83.6 Å². The van der Waals surface area contributed by atoms with E-state index in [2.05, 4.69) is 5.32 Å². The van der Waals surface area contributed by atoms with Gasteiger partial charge < -0.3 is 5.32 Å². The Kier molecular flexibility index (Phi) is 6.38. The lowest BCUT2D eigenvalue weighted by Gasteiger charge is -2.22. The van der Waals surface area contributed by atoms with Crippen molar-refractivity contribution < 1.29 is 18.0 Å². The largest absolute Gasteiger partial charge is 0.324 e. The Morgan fingerprint density at radius 2 is 1.70 bits per heavy atom. The fourth-order valence-corrected chi connectivity index (χ4v) is 3.43. The van der Waals surface area contributed by atoms with E-state index in [1.54, 1.807) is 36.4 Å². The molecule has 0 fully saturated rings. The molecule has 2 aromatic carbocycles. The molecule has 2 rings (SSSR count). The highest BCUT2D eigenvalue weighted by molar-refractivity contribution is 7.92. The minimum atomic E-state index is -3.64. The monoisotopic (exact) mass is 388 g/mol. The van der Waals surface area contributed by atoms with Gasteiger partial charge >= 0.3 is 0 Å². The average molecular weight is 388 g/mol. The number of anilines is 2. The summed E-state index contributed by atoms with van der Waals surface area (Å²) in [4.78, 5) is 23.8. The van der Waals surface area contributed by atoms with Crippen molar-refractivity contribution in [3.05, 3.63) is 59.7 Å². The standard InChI is InChI=1S/C20H24N2O4S/c1-14(2)16-8-10-19(11-9-16)22(27(4,25)26)13-20(24)21-18-7-5-6-17(12-18)15(3)23/h5-12,14H,13H2,1-4H3,(H,21,24). The molecule has 27 heavy (non-hydrogen) atoms. The van der Waals surface area contributed by atoms with Crippen LogP contribution in [0.4, 0.5) is 11.4 Å². The third-order valence-electron chi connectivity index (χ3n) is 4.09. The molecule has 0 aliphatic rings. The normalized spacial score (nSPS) is 11.3. The SMILES string of the molecule is CC(=O)c1cccc(NC(=O)CN(c2ccc(C(C)C)cc2)S(C)(=O)=O)c1. The fourth-order valence-electron chi connectivity index (χ4n) is 2.57. The van der Waals surface area contributed by atoms with Crippen LogP contribution in [0.2, 0.25) is 0 Å². The lowest BCUT2D eigenvalue weighted by molar-refractivity contribution is -0.114. The number of carbonyl (C=O) groups excluding carboxylic acids is 2. The van der Waals surface area contributed by atoms with Gasteiger partial charge in [-0.15, -0.1) is 0 Å². The molecule has 0 bridgehead atoms. The van der Waals surface area contributed by atoms with Crippen LogP contribution in [-0.4, -0.2) is 32.9 Å². The maximum Gasteiger partial charge on any atom is 0.245 e. The first-order valence-electron chi connectivity index (χ1n) is 8.56. The van der Waals surface area contributed by atoms with E-state index in [-0.39, 0.29) is 12.3 Å². The average Bonchev–Trinajstić information content (AvgIpc) is 2.59. The molecule has 1 N–H and O–H groups in total. The summed E-state index contributed by atoms with van der Waals surface area (Å²) in [5, 5.41) is 2.64. The second-order valence-corrected chi connectivity index (χ2v) is 8.61. The van der Waals surface area contributed by atoms with Crippen LogP contribution < -0.4 is 9.62 Å². The number of benzene rings is 2. The Morgan fingerprint density at radius 3 is 2.22 bits per heavy atom. The van der Waals surface area contributed by atoms with Crippen LogP contribution in [0.3, 0.4) is 0 Å². The predicted octanol–water partition coefficient (Wildman–Crippen LogP) is 3.42. The molecule has 6 nitrogen and oxygen atoms in total. The first kappa shape index (κ1) is 20.6. The Bertz CT molecular complexity index is 935. The number of hydrogen-bond acceptors (Lipinski definition) is 4. The maximum absolute atomic E-state index is 12.4. The molecule has 0 aromatic heterocycles. The van der Waals surface area contributed by atoms with Crippen LogP contribution in [0, 0.1) is 0 Å². The van der Waals surface area contributed by atoms with E-state index >= 15 is 0 Å². The summed E-state index contributed by atoms with van der Waals surface area (Å²) in [6.07, 6.45) is 1.06. The minimum Gasteiger partial charge on any atom is -0.324 e. The summed E-state index contributed by atoms with van der Waals surface area (Å²) >= 11 is 0. The second kappa shape index (κ2) is 8.35. The van der Waals surface area contributed by atoms with Crippen LogP contribution in [0.25, 0.3) is 0 Å². The molecule has 0 radical (unpaired) electrons. The number of nitrogens with zero attached hydrogens (tertiary/aromatic N) is 1. The molecule has 0 heterocycles. The molecule has 2 aromatic rings. The second-order valence-electron chi connectivity index (χ2n) is 6.70. The molecule has 0 saturated heterocycles. The lowest BCUT2D eigenvalue weighted by Crippen LogP contribution is -2.37. The van der Waals surface area contributed by atoms with Gasteiger partial charge in [-0.1, -0.05) is 38.1 Å². The van der Waals surface area contributed by atoms with Crippen LogP contribution in [0.1, 0.15) is 42.6 Å². The van der Waals surface area contributed by atoms with Crippen molar-refractivity contribution in [2.24, 2.45) is 0 Å². The summed E-state index contributed by atoms with van der Waals surface area (Å²) in [6, 6.07) is 13.6. The number of hydrogen-bond donors (Lipinski definition) is 1. The summed E-state index contributed by atoms with van der Waals surface area (Å²) in [5.41, 5.74) is 2.42.